The van der Waals surface area contributed by atoms with Crippen LogP contribution in [0.3, 0.4) is 0 Å². The highest BCUT2D eigenvalue weighted by molar-refractivity contribution is 6.06. The fourth-order valence-electron chi connectivity index (χ4n) is 4.18. The number of rotatable bonds is 4. The predicted octanol–water partition coefficient (Wildman–Crippen LogP) is 1.91. The number of nitrogens with two attached hydrogens (primary N) is 1. The summed E-state index contributed by atoms with van der Waals surface area (Å²) in [6.45, 7) is 5.61. The lowest BCUT2D eigenvalue weighted by Crippen LogP contribution is -2.42. The number of fused-ring (bicyclic) bond motifs is 3. The van der Waals surface area contributed by atoms with Crippen LogP contribution in [0.4, 0.5) is 5.82 Å². The largest absolute Gasteiger partial charge is 0.382 e. The van der Waals surface area contributed by atoms with Crippen LogP contribution in [0.2, 0.25) is 0 Å². The molecule has 1 aliphatic rings. The van der Waals surface area contributed by atoms with Gasteiger partial charge in [0.15, 0.2) is 0 Å². The molecule has 1 saturated heterocycles. The van der Waals surface area contributed by atoms with Gasteiger partial charge in [-0.25, -0.2) is 9.78 Å². The number of nitrogens with zero attached hydrogens (tertiary/aromatic N) is 3. The number of nitrogens with one attached hydrogen (secondary N) is 2. The van der Waals surface area contributed by atoms with E-state index in [9.17, 15) is 4.79 Å². The number of para-hydroxylation sites is 1. The van der Waals surface area contributed by atoms with Crippen molar-refractivity contribution in [1.82, 2.24) is 24.8 Å². The summed E-state index contributed by atoms with van der Waals surface area (Å²) in [6.07, 6.45) is 0. The molecule has 2 aromatic carbocycles. The molecular formula is C22H24N6O. The molecule has 0 unspecified atom stereocenters. The second kappa shape index (κ2) is 7.35. The van der Waals surface area contributed by atoms with E-state index in [2.05, 4.69) is 44.5 Å². The lowest BCUT2D eigenvalue weighted by molar-refractivity contribution is 0.233. The van der Waals surface area contributed by atoms with Gasteiger partial charge in [-0.2, -0.15) is 0 Å². The Morgan fingerprint density at radius 1 is 1.00 bits per heavy atom. The van der Waals surface area contributed by atoms with E-state index in [4.69, 9.17) is 5.73 Å². The van der Waals surface area contributed by atoms with E-state index in [0.717, 1.165) is 54.7 Å². The minimum absolute atomic E-state index is 0.169. The van der Waals surface area contributed by atoms with Gasteiger partial charge in [0.1, 0.15) is 11.3 Å². The van der Waals surface area contributed by atoms with Gasteiger partial charge in [-0.15, -0.1) is 0 Å². The molecule has 0 radical (unpaired) electrons. The standard InChI is InChI=1S/C22H24N6O/c23-21-19-20(17-6-1-2-7-18(17)25-21)28(22(29)26-19)14-16-5-3-4-15(12-16)13-27-10-8-24-9-11-27/h1-7,12,24H,8-11,13-14H2,(H2,23,25)(H,26,29). The van der Waals surface area contributed by atoms with Crippen LogP contribution in [-0.2, 0) is 13.1 Å². The van der Waals surface area contributed by atoms with E-state index in [1.54, 1.807) is 4.57 Å². The van der Waals surface area contributed by atoms with Gasteiger partial charge in [0.25, 0.3) is 0 Å². The zero-order chi connectivity index (χ0) is 19.8. The summed E-state index contributed by atoms with van der Waals surface area (Å²) < 4.78 is 1.76. The number of H-pyrrole nitrogens is 1. The molecule has 5 rings (SSSR count). The number of anilines is 1. The van der Waals surface area contributed by atoms with E-state index >= 15 is 0 Å². The molecule has 2 aromatic heterocycles. The number of piperazine rings is 1. The van der Waals surface area contributed by atoms with Crippen molar-refractivity contribution in [2.45, 2.75) is 13.1 Å². The van der Waals surface area contributed by atoms with Crippen molar-refractivity contribution in [1.29, 1.82) is 0 Å². The molecule has 0 amide bonds. The zero-order valence-electron chi connectivity index (χ0n) is 16.2. The first-order chi connectivity index (χ1) is 14.2. The number of aromatic amines is 1. The smallest absolute Gasteiger partial charge is 0.326 e. The van der Waals surface area contributed by atoms with E-state index in [1.165, 1.54) is 5.56 Å². The predicted molar refractivity (Wildman–Crippen MR) is 116 cm³/mol. The van der Waals surface area contributed by atoms with Crippen molar-refractivity contribution in [2.75, 3.05) is 31.9 Å². The Hall–Kier alpha value is -3.16. The van der Waals surface area contributed by atoms with Crippen molar-refractivity contribution >= 4 is 27.8 Å². The van der Waals surface area contributed by atoms with Gasteiger partial charge in [0, 0.05) is 38.1 Å². The molecule has 1 fully saturated rings. The number of hydrogen-bond acceptors (Lipinski definition) is 5. The molecule has 0 bridgehead atoms. The topological polar surface area (TPSA) is 92.0 Å². The fourth-order valence-corrected chi connectivity index (χ4v) is 4.18. The Morgan fingerprint density at radius 3 is 2.59 bits per heavy atom. The molecule has 0 atom stereocenters. The Labute approximate surface area is 168 Å². The first-order valence-electron chi connectivity index (χ1n) is 9.97. The van der Waals surface area contributed by atoms with Crippen LogP contribution in [0.25, 0.3) is 21.9 Å². The third kappa shape index (κ3) is 3.39. The van der Waals surface area contributed by atoms with Crippen molar-refractivity contribution in [3.8, 4) is 0 Å². The summed E-state index contributed by atoms with van der Waals surface area (Å²) >= 11 is 0. The molecule has 0 saturated carbocycles. The Bertz CT molecular complexity index is 1240. The highest BCUT2D eigenvalue weighted by Crippen LogP contribution is 2.26. The third-order valence-electron chi connectivity index (χ3n) is 5.59. The maximum Gasteiger partial charge on any atom is 0.326 e. The zero-order valence-corrected chi connectivity index (χ0v) is 16.2. The Balaban J connectivity index is 1.53. The van der Waals surface area contributed by atoms with Crippen molar-refractivity contribution in [2.24, 2.45) is 0 Å². The van der Waals surface area contributed by atoms with E-state index in [0.29, 0.717) is 17.9 Å². The molecule has 7 nitrogen and oxygen atoms in total. The van der Waals surface area contributed by atoms with E-state index in [-0.39, 0.29) is 5.69 Å². The normalized spacial score (nSPS) is 15.3. The van der Waals surface area contributed by atoms with Crippen LogP contribution in [0, 0.1) is 0 Å². The molecule has 148 valence electrons. The average Bonchev–Trinajstić information content (AvgIpc) is 3.06. The van der Waals surface area contributed by atoms with Crippen LogP contribution in [0.1, 0.15) is 11.1 Å². The summed E-state index contributed by atoms with van der Waals surface area (Å²) in [6, 6.07) is 16.3. The van der Waals surface area contributed by atoms with E-state index in [1.807, 2.05) is 24.3 Å². The first kappa shape index (κ1) is 17.9. The Kier molecular flexibility index (Phi) is 4.54. The van der Waals surface area contributed by atoms with Crippen LogP contribution in [-0.4, -0.2) is 45.6 Å². The summed E-state index contributed by atoms with van der Waals surface area (Å²) in [4.78, 5) is 22.5. The maximum atomic E-state index is 12.7. The fraction of sp³-hybridized carbons (Fsp3) is 0.273. The van der Waals surface area contributed by atoms with Crippen LogP contribution in [0.5, 0.6) is 0 Å². The summed E-state index contributed by atoms with van der Waals surface area (Å²) in [7, 11) is 0. The van der Waals surface area contributed by atoms with Gasteiger partial charge in [0.05, 0.1) is 17.6 Å². The molecule has 3 heterocycles. The van der Waals surface area contributed by atoms with Gasteiger partial charge in [0.2, 0.25) is 0 Å². The van der Waals surface area contributed by atoms with Gasteiger partial charge in [-0.1, -0.05) is 42.5 Å². The molecular weight excluding hydrogens is 364 g/mol. The lowest BCUT2D eigenvalue weighted by atomic mass is 10.1. The number of imidazole rings is 1. The van der Waals surface area contributed by atoms with Crippen LogP contribution < -0.4 is 16.7 Å². The SMILES string of the molecule is Nc1nc2ccccc2c2c1[nH]c(=O)n2Cc1cccc(CN2CCNCC2)c1. The van der Waals surface area contributed by atoms with Gasteiger partial charge < -0.3 is 16.0 Å². The van der Waals surface area contributed by atoms with E-state index < -0.39 is 0 Å². The summed E-state index contributed by atoms with van der Waals surface area (Å²) in [5, 5.41) is 4.31. The molecule has 4 N–H and O–H groups in total. The highest BCUT2D eigenvalue weighted by Gasteiger charge is 2.15. The average molecular weight is 388 g/mol. The number of benzene rings is 2. The van der Waals surface area contributed by atoms with Crippen molar-refractivity contribution in [3.05, 3.63) is 70.1 Å². The molecule has 0 spiro atoms. The first-order valence-corrected chi connectivity index (χ1v) is 9.97. The number of pyridine rings is 1. The maximum absolute atomic E-state index is 12.7. The summed E-state index contributed by atoms with van der Waals surface area (Å²) in [5.41, 5.74) is 10.5. The highest BCUT2D eigenvalue weighted by atomic mass is 16.1. The molecule has 29 heavy (non-hydrogen) atoms. The minimum atomic E-state index is -0.169. The molecule has 7 heteroatoms. The lowest BCUT2D eigenvalue weighted by Gasteiger charge is -2.27. The number of hydrogen-bond donors (Lipinski definition) is 3. The number of nitrogen functional groups attached to an aromatic ring is 1. The number of aromatic nitrogens is 3. The Morgan fingerprint density at radius 2 is 1.76 bits per heavy atom. The van der Waals surface area contributed by atoms with Gasteiger partial charge in [-0.3, -0.25) is 9.47 Å². The summed E-state index contributed by atoms with van der Waals surface area (Å²) in [5.74, 6) is 0.349. The second-order valence-corrected chi connectivity index (χ2v) is 7.60. The monoisotopic (exact) mass is 388 g/mol. The van der Waals surface area contributed by atoms with Crippen LogP contribution >= 0.6 is 0 Å². The molecule has 0 aliphatic carbocycles. The molecule has 4 aromatic rings. The van der Waals surface area contributed by atoms with Crippen molar-refractivity contribution in [3.63, 3.8) is 0 Å². The quantitative estimate of drug-likeness (QED) is 0.497. The third-order valence-corrected chi connectivity index (χ3v) is 5.59. The van der Waals surface area contributed by atoms with Crippen molar-refractivity contribution < 1.29 is 0 Å². The second-order valence-electron chi connectivity index (χ2n) is 7.60. The molecule has 1 aliphatic heterocycles. The van der Waals surface area contributed by atoms with Gasteiger partial charge >= 0.3 is 5.69 Å². The van der Waals surface area contributed by atoms with Gasteiger partial charge in [-0.05, 0) is 17.2 Å². The minimum Gasteiger partial charge on any atom is -0.382 e. The van der Waals surface area contributed by atoms with Crippen LogP contribution in [0.15, 0.2) is 53.3 Å².